The lowest BCUT2D eigenvalue weighted by atomic mass is 9.97. The van der Waals surface area contributed by atoms with Gasteiger partial charge in [0.25, 0.3) is 0 Å². The summed E-state index contributed by atoms with van der Waals surface area (Å²) < 4.78 is 1.89. The van der Waals surface area contributed by atoms with E-state index in [1.54, 1.807) is 18.6 Å². The number of pyridine rings is 1. The molecule has 0 bridgehead atoms. The SMILES string of the molecule is Cc1nccn1-c1ccc(N2CCCC(C(=O)NCc3ccncc3)C2)nn1. The Labute approximate surface area is 163 Å². The largest absolute Gasteiger partial charge is 0.354 e. The molecule has 1 atom stereocenters. The molecule has 0 aromatic carbocycles. The Morgan fingerprint density at radius 2 is 1.93 bits per heavy atom. The van der Waals surface area contributed by atoms with Crippen LogP contribution in [-0.2, 0) is 11.3 Å². The van der Waals surface area contributed by atoms with E-state index >= 15 is 0 Å². The minimum atomic E-state index is -0.0482. The number of hydrogen-bond acceptors (Lipinski definition) is 6. The van der Waals surface area contributed by atoms with E-state index in [1.165, 1.54) is 0 Å². The van der Waals surface area contributed by atoms with Crippen LogP contribution in [0.15, 0.2) is 49.1 Å². The van der Waals surface area contributed by atoms with Crippen molar-refractivity contribution in [2.45, 2.75) is 26.3 Å². The molecule has 0 spiro atoms. The van der Waals surface area contributed by atoms with Gasteiger partial charge in [-0.3, -0.25) is 14.3 Å². The summed E-state index contributed by atoms with van der Waals surface area (Å²) in [4.78, 5) is 22.9. The number of amides is 1. The molecule has 3 aromatic heterocycles. The third kappa shape index (κ3) is 4.00. The first-order chi connectivity index (χ1) is 13.7. The number of hydrogen-bond donors (Lipinski definition) is 1. The molecule has 144 valence electrons. The van der Waals surface area contributed by atoms with Crippen molar-refractivity contribution in [3.8, 4) is 5.82 Å². The molecule has 1 N–H and O–H groups in total. The Balaban J connectivity index is 1.38. The normalized spacial score (nSPS) is 16.8. The van der Waals surface area contributed by atoms with Gasteiger partial charge in [0.2, 0.25) is 5.91 Å². The summed E-state index contributed by atoms with van der Waals surface area (Å²) in [5, 5.41) is 11.7. The molecule has 4 rings (SSSR count). The Bertz CT molecular complexity index is 923. The molecular formula is C20H23N7O. The Morgan fingerprint density at radius 3 is 2.64 bits per heavy atom. The third-order valence-corrected chi connectivity index (χ3v) is 5.04. The lowest BCUT2D eigenvalue weighted by Gasteiger charge is -2.32. The first kappa shape index (κ1) is 18.1. The number of anilines is 1. The zero-order valence-electron chi connectivity index (χ0n) is 15.8. The van der Waals surface area contributed by atoms with E-state index in [9.17, 15) is 4.79 Å². The fourth-order valence-corrected chi connectivity index (χ4v) is 3.47. The van der Waals surface area contributed by atoms with Gasteiger partial charge in [-0.15, -0.1) is 10.2 Å². The Kier molecular flexibility index (Phi) is 5.27. The maximum absolute atomic E-state index is 12.6. The number of aromatic nitrogens is 5. The molecule has 0 radical (unpaired) electrons. The highest BCUT2D eigenvalue weighted by Gasteiger charge is 2.26. The molecule has 8 heteroatoms. The highest BCUT2D eigenvalue weighted by atomic mass is 16.1. The van der Waals surface area contributed by atoms with Crippen LogP contribution in [0.1, 0.15) is 24.2 Å². The predicted molar refractivity (Wildman–Crippen MR) is 105 cm³/mol. The molecule has 1 unspecified atom stereocenters. The van der Waals surface area contributed by atoms with Gasteiger partial charge in [-0.2, -0.15) is 0 Å². The van der Waals surface area contributed by atoms with E-state index in [1.807, 2.05) is 42.0 Å². The summed E-state index contributed by atoms with van der Waals surface area (Å²) in [6.07, 6.45) is 8.92. The van der Waals surface area contributed by atoms with Crippen molar-refractivity contribution >= 4 is 11.7 Å². The maximum Gasteiger partial charge on any atom is 0.225 e. The Hall–Kier alpha value is -3.29. The summed E-state index contributed by atoms with van der Waals surface area (Å²) in [5.41, 5.74) is 1.05. The van der Waals surface area contributed by atoms with E-state index in [0.29, 0.717) is 13.1 Å². The minimum absolute atomic E-state index is 0.0482. The van der Waals surface area contributed by atoms with Gasteiger partial charge in [-0.05, 0) is 49.6 Å². The van der Waals surface area contributed by atoms with Crippen molar-refractivity contribution in [1.82, 2.24) is 30.0 Å². The number of nitrogens with zero attached hydrogens (tertiary/aromatic N) is 6. The molecule has 1 saturated heterocycles. The lowest BCUT2D eigenvalue weighted by Crippen LogP contribution is -2.43. The molecule has 3 aromatic rings. The molecular weight excluding hydrogens is 354 g/mol. The number of imidazole rings is 1. The summed E-state index contributed by atoms with van der Waals surface area (Å²) in [7, 11) is 0. The monoisotopic (exact) mass is 377 g/mol. The standard InChI is InChI=1S/C20H23N7O/c1-15-22-10-12-27(15)19-5-4-18(24-25-19)26-11-2-3-17(14-26)20(28)23-13-16-6-8-21-9-7-16/h4-10,12,17H,2-3,11,13-14H2,1H3,(H,23,28). The van der Waals surface area contributed by atoms with Crippen LogP contribution in [0.4, 0.5) is 5.82 Å². The zero-order valence-corrected chi connectivity index (χ0v) is 15.8. The highest BCUT2D eigenvalue weighted by molar-refractivity contribution is 5.79. The number of rotatable bonds is 5. The van der Waals surface area contributed by atoms with E-state index < -0.39 is 0 Å². The molecule has 0 saturated carbocycles. The fraction of sp³-hybridized carbons (Fsp3) is 0.350. The molecule has 28 heavy (non-hydrogen) atoms. The van der Waals surface area contributed by atoms with Crippen LogP contribution in [0.25, 0.3) is 5.82 Å². The van der Waals surface area contributed by atoms with E-state index in [0.717, 1.165) is 42.4 Å². The summed E-state index contributed by atoms with van der Waals surface area (Å²) in [6.45, 7) is 3.98. The zero-order chi connectivity index (χ0) is 19.3. The van der Waals surface area contributed by atoms with Crippen molar-refractivity contribution in [3.63, 3.8) is 0 Å². The topological polar surface area (TPSA) is 88.8 Å². The van der Waals surface area contributed by atoms with Crippen molar-refractivity contribution in [2.75, 3.05) is 18.0 Å². The van der Waals surface area contributed by atoms with Crippen LogP contribution in [0.2, 0.25) is 0 Å². The van der Waals surface area contributed by atoms with Crippen molar-refractivity contribution in [2.24, 2.45) is 5.92 Å². The highest BCUT2D eigenvalue weighted by Crippen LogP contribution is 2.22. The Morgan fingerprint density at radius 1 is 1.14 bits per heavy atom. The van der Waals surface area contributed by atoms with Crippen LogP contribution in [0.3, 0.4) is 0 Å². The first-order valence-electron chi connectivity index (χ1n) is 9.46. The van der Waals surface area contributed by atoms with Gasteiger partial charge in [0.15, 0.2) is 11.6 Å². The summed E-state index contributed by atoms with van der Waals surface area (Å²) in [5.74, 6) is 2.44. The van der Waals surface area contributed by atoms with E-state index in [2.05, 4.69) is 30.4 Å². The second-order valence-electron chi connectivity index (χ2n) is 6.95. The molecule has 4 heterocycles. The van der Waals surface area contributed by atoms with Gasteiger partial charge in [0.1, 0.15) is 5.82 Å². The molecule has 0 aliphatic carbocycles. The van der Waals surface area contributed by atoms with Crippen LogP contribution in [0, 0.1) is 12.8 Å². The van der Waals surface area contributed by atoms with E-state index in [4.69, 9.17) is 0 Å². The van der Waals surface area contributed by atoms with Crippen LogP contribution in [-0.4, -0.2) is 43.7 Å². The molecule has 1 aliphatic rings. The predicted octanol–water partition coefficient (Wildman–Crippen LogP) is 1.90. The van der Waals surface area contributed by atoms with Gasteiger partial charge >= 0.3 is 0 Å². The van der Waals surface area contributed by atoms with Gasteiger partial charge in [-0.1, -0.05) is 0 Å². The van der Waals surface area contributed by atoms with Gasteiger partial charge in [-0.25, -0.2) is 4.98 Å². The first-order valence-corrected chi connectivity index (χ1v) is 9.46. The average Bonchev–Trinajstić information content (AvgIpc) is 3.19. The number of aryl methyl sites for hydroxylation is 1. The summed E-state index contributed by atoms with van der Waals surface area (Å²) >= 11 is 0. The van der Waals surface area contributed by atoms with Gasteiger partial charge in [0.05, 0.1) is 5.92 Å². The smallest absolute Gasteiger partial charge is 0.225 e. The molecule has 1 amide bonds. The van der Waals surface area contributed by atoms with Crippen molar-refractivity contribution in [1.29, 1.82) is 0 Å². The summed E-state index contributed by atoms with van der Waals surface area (Å²) in [6, 6.07) is 7.71. The number of nitrogens with one attached hydrogen (secondary N) is 1. The third-order valence-electron chi connectivity index (χ3n) is 5.04. The number of carbonyl (C=O) groups excluding carboxylic acids is 1. The van der Waals surface area contributed by atoms with Gasteiger partial charge < -0.3 is 10.2 Å². The lowest BCUT2D eigenvalue weighted by molar-refractivity contribution is -0.125. The van der Waals surface area contributed by atoms with Crippen molar-refractivity contribution < 1.29 is 4.79 Å². The average molecular weight is 377 g/mol. The van der Waals surface area contributed by atoms with Crippen LogP contribution < -0.4 is 10.2 Å². The molecule has 1 fully saturated rings. The maximum atomic E-state index is 12.6. The fourth-order valence-electron chi connectivity index (χ4n) is 3.47. The van der Waals surface area contributed by atoms with Crippen molar-refractivity contribution in [3.05, 3.63) is 60.4 Å². The van der Waals surface area contributed by atoms with E-state index in [-0.39, 0.29) is 11.8 Å². The van der Waals surface area contributed by atoms with Crippen LogP contribution >= 0.6 is 0 Å². The minimum Gasteiger partial charge on any atom is -0.354 e. The van der Waals surface area contributed by atoms with Gasteiger partial charge in [0, 0.05) is 44.4 Å². The second kappa shape index (κ2) is 8.16. The number of carbonyl (C=O) groups is 1. The quantitative estimate of drug-likeness (QED) is 0.731. The molecule has 8 nitrogen and oxygen atoms in total. The number of piperidine rings is 1. The van der Waals surface area contributed by atoms with Crippen LogP contribution in [0.5, 0.6) is 0 Å². The molecule has 1 aliphatic heterocycles. The second-order valence-corrected chi connectivity index (χ2v) is 6.95.